The SMILES string of the molecule is CC(=CCl)CNCC1CCC(O)C1. The van der Waals surface area contributed by atoms with Gasteiger partial charge in [-0.05, 0) is 44.2 Å². The summed E-state index contributed by atoms with van der Waals surface area (Å²) in [4.78, 5) is 0. The van der Waals surface area contributed by atoms with E-state index in [2.05, 4.69) is 5.32 Å². The molecule has 0 radical (unpaired) electrons. The Morgan fingerprint density at radius 3 is 2.92 bits per heavy atom. The van der Waals surface area contributed by atoms with Crippen LogP contribution in [0.1, 0.15) is 26.2 Å². The molecule has 3 heteroatoms. The van der Waals surface area contributed by atoms with Gasteiger partial charge in [0.25, 0.3) is 0 Å². The largest absolute Gasteiger partial charge is 0.393 e. The fourth-order valence-corrected chi connectivity index (χ4v) is 1.82. The zero-order chi connectivity index (χ0) is 9.68. The quantitative estimate of drug-likeness (QED) is 0.732. The lowest BCUT2D eigenvalue weighted by atomic mass is 10.1. The molecule has 0 saturated heterocycles. The Labute approximate surface area is 85.0 Å². The Bertz CT molecular complexity index is 182. The van der Waals surface area contributed by atoms with Gasteiger partial charge in [0, 0.05) is 12.1 Å². The maximum atomic E-state index is 9.29. The van der Waals surface area contributed by atoms with Crippen LogP contribution in [-0.2, 0) is 0 Å². The van der Waals surface area contributed by atoms with E-state index in [1.54, 1.807) is 5.54 Å². The van der Waals surface area contributed by atoms with Crippen molar-refractivity contribution in [1.82, 2.24) is 5.32 Å². The molecule has 0 aliphatic heterocycles. The van der Waals surface area contributed by atoms with E-state index in [1.165, 1.54) is 0 Å². The first-order valence-corrected chi connectivity index (χ1v) is 5.30. The van der Waals surface area contributed by atoms with Crippen LogP contribution in [0.2, 0.25) is 0 Å². The van der Waals surface area contributed by atoms with E-state index in [0.717, 1.165) is 37.9 Å². The van der Waals surface area contributed by atoms with Gasteiger partial charge in [-0.25, -0.2) is 0 Å². The zero-order valence-electron chi connectivity index (χ0n) is 8.09. The summed E-state index contributed by atoms with van der Waals surface area (Å²) in [5.74, 6) is 0.651. The third-order valence-corrected chi connectivity index (χ3v) is 2.91. The molecule has 1 saturated carbocycles. The number of hydrogen-bond donors (Lipinski definition) is 2. The van der Waals surface area contributed by atoms with E-state index in [4.69, 9.17) is 11.6 Å². The highest BCUT2D eigenvalue weighted by Crippen LogP contribution is 2.24. The Kier molecular flexibility index (Phi) is 4.78. The van der Waals surface area contributed by atoms with Crippen LogP contribution < -0.4 is 5.32 Å². The fraction of sp³-hybridized carbons (Fsp3) is 0.800. The molecule has 2 atom stereocenters. The van der Waals surface area contributed by atoms with Crippen molar-refractivity contribution in [2.24, 2.45) is 5.92 Å². The van der Waals surface area contributed by atoms with E-state index in [-0.39, 0.29) is 6.10 Å². The maximum Gasteiger partial charge on any atom is 0.0543 e. The fourth-order valence-electron chi connectivity index (χ4n) is 1.75. The molecule has 76 valence electrons. The predicted octanol–water partition coefficient (Wildman–Crippen LogP) is 1.88. The standard InChI is InChI=1S/C10H18ClNO/c1-8(5-11)6-12-7-9-2-3-10(13)4-9/h5,9-10,12-13H,2-4,6-7H2,1H3. The van der Waals surface area contributed by atoms with Crippen molar-refractivity contribution < 1.29 is 5.11 Å². The minimum Gasteiger partial charge on any atom is -0.393 e. The van der Waals surface area contributed by atoms with Crippen LogP contribution in [0.3, 0.4) is 0 Å². The van der Waals surface area contributed by atoms with Gasteiger partial charge in [0.05, 0.1) is 6.10 Å². The van der Waals surface area contributed by atoms with E-state index in [1.807, 2.05) is 6.92 Å². The molecule has 1 fully saturated rings. The molecule has 2 N–H and O–H groups in total. The molecule has 2 unspecified atom stereocenters. The van der Waals surface area contributed by atoms with Gasteiger partial charge in [0.1, 0.15) is 0 Å². The second-order valence-electron chi connectivity index (χ2n) is 3.92. The number of hydrogen-bond acceptors (Lipinski definition) is 2. The van der Waals surface area contributed by atoms with E-state index in [9.17, 15) is 5.11 Å². The molecule has 1 rings (SSSR count). The summed E-state index contributed by atoms with van der Waals surface area (Å²) in [6.07, 6.45) is 3.02. The van der Waals surface area contributed by atoms with Crippen molar-refractivity contribution in [3.63, 3.8) is 0 Å². The number of aliphatic hydroxyl groups excluding tert-OH is 1. The van der Waals surface area contributed by atoms with Crippen molar-refractivity contribution >= 4 is 11.6 Å². The zero-order valence-corrected chi connectivity index (χ0v) is 8.85. The number of aliphatic hydroxyl groups is 1. The van der Waals surface area contributed by atoms with Gasteiger partial charge in [-0.3, -0.25) is 0 Å². The van der Waals surface area contributed by atoms with Gasteiger partial charge in [0.15, 0.2) is 0 Å². The van der Waals surface area contributed by atoms with Crippen LogP contribution >= 0.6 is 11.6 Å². The van der Waals surface area contributed by atoms with Crippen LogP contribution in [0.25, 0.3) is 0 Å². The smallest absolute Gasteiger partial charge is 0.0543 e. The average Bonchev–Trinajstić information content (AvgIpc) is 2.51. The van der Waals surface area contributed by atoms with Gasteiger partial charge < -0.3 is 10.4 Å². The van der Waals surface area contributed by atoms with Crippen molar-refractivity contribution in [1.29, 1.82) is 0 Å². The summed E-state index contributed by atoms with van der Waals surface area (Å²) in [5.41, 5.74) is 2.76. The van der Waals surface area contributed by atoms with Crippen LogP contribution in [0.5, 0.6) is 0 Å². The van der Waals surface area contributed by atoms with E-state index >= 15 is 0 Å². The van der Waals surface area contributed by atoms with Crippen LogP contribution in [-0.4, -0.2) is 24.3 Å². The summed E-state index contributed by atoms with van der Waals surface area (Å²) in [6.45, 7) is 3.86. The molecule has 1 aliphatic carbocycles. The third kappa shape index (κ3) is 4.12. The number of rotatable bonds is 4. The number of nitrogens with one attached hydrogen (secondary N) is 1. The maximum absolute atomic E-state index is 9.29. The molecule has 0 heterocycles. The van der Waals surface area contributed by atoms with Crippen molar-refractivity contribution in [3.8, 4) is 0 Å². The molecular formula is C10H18ClNO. The van der Waals surface area contributed by atoms with E-state index in [0.29, 0.717) is 5.92 Å². The average molecular weight is 204 g/mol. The highest BCUT2D eigenvalue weighted by molar-refractivity contribution is 6.25. The van der Waals surface area contributed by atoms with Gasteiger partial charge in [-0.2, -0.15) is 0 Å². The van der Waals surface area contributed by atoms with Crippen molar-refractivity contribution in [2.45, 2.75) is 32.3 Å². The first-order chi connectivity index (χ1) is 6.22. The van der Waals surface area contributed by atoms with Crippen molar-refractivity contribution in [3.05, 3.63) is 11.1 Å². The Hall–Kier alpha value is -0.0500. The molecule has 0 amide bonds. The van der Waals surface area contributed by atoms with Crippen molar-refractivity contribution in [2.75, 3.05) is 13.1 Å². The topological polar surface area (TPSA) is 32.3 Å². The highest BCUT2D eigenvalue weighted by Gasteiger charge is 2.21. The van der Waals surface area contributed by atoms with Gasteiger partial charge >= 0.3 is 0 Å². The molecular weight excluding hydrogens is 186 g/mol. The lowest BCUT2D eigenvalue weighted by Crippen LogP contribution is -2.23. The molecule has 13 heavy (non-hydrogen) atoms. The summed E-state index contributed by atoms with van der Waals surface area (Å²) < 4.78 is 0. The number of halogens is 1. The lowest BCUT2D eigenvalue weighted by molar-refractivity contribution is 0.177. The van der Waals surface area contributed by atoms with Gasteiger partial charge in [-0.1, -0.05) is 11.6 Å². The van der Waals surface area contributed by atoms with Crippen LogP contribution in [0, 0.1) is 5.92 Å². The Morgan fingerprint density at radius 1 is 1.62 bits per heavy atom. The second kappa shape index (κ2) is 5.63. The van der Waals surface area contributed by atoms with Gasteiger partial charge in [0.2, 0.25) is 0 Å². The molecule has 0 aromatic carbocycles. The first kappa shape index (κ1) is 11.0. The monoisotopic (exact) mass is 203 g/mol. The highest BCUT2D eigenvalue weighted by atomic mass is 35.5. The van der Waals surface area contributed by atoms with E-state index < -0.39 is 0 Å². The summed E-state index contributed by atoms with van der Waals surface area (Å²) in [6, 6.07) is 0. The van der Waals surface area contributed by atoms with Gasteiger partial charge in [-0.15, -0.1) is 0 Å². The minimum absolute atomic E-state index is 0.0588. The second-order valence-corrected chi connectivity index (χ2v) is 4.14. The Morgan fingerprint density at radius 2 is 2.38 bits per heavy atom. The predicted molar refractivity (Wildman–Crippen MR) is 55.8 cm³/mol. The third-order valence-electron chi connectivity index (χ3n) is 2.54. The minimum atomic E-state index is -0.0588. The molecule has 0 bridgehead atoms. The van der Waals surface area contributed by atoms with Crippen LogP contribution in [0.15, 0.2) is 11.1 Å². The Balaban J connectivity index is 2.06. The molecule has 0 aromatic rings. The molecule has 2 nitrogen and oxygen atoms in total. The normalized spacial score (nSPS) is 29.6. The summed E-state index contributed by atoms with van der Waals surface area (Å²) >= 11 is 5.53. The lowest BCUT2D eigenvalue weighted by Gasteiger charge is -2.10. The first-order valence-electron chi connectivity index (χ1n) is 4.87. The molecule has 0 spiro atoms. The summed E-state index contributed by atoms with van der Waals surface area (Å²) in [5, 5.41) is 12.6. The molecule has 0 aromatic heterocycles. The molecule has 1 aliphatic rings. The van der Waals surface area contributed by atoms with Crippen LogP contribution in [0.4, 0.5) is 0 Å². The summed E-state index contributed by atoms with van der Waals surface area (Å²) in [7, 11) is 0.